The maximum atomic E-state index is 12.0. The lowest BCUT2D eigenvalue weighted by atomic mass is 10.2. The van der Waals surface area contributed by atoms with Crippen LogP contribution >= 0.6 is 11.3 Å². The highest BCUT2D eigenvalue weighted by Gasteiger charge is 2.14. The Morgan fingerprint density at radius 1 is 1.68 bits per heavy atom. The lowest BCUT2D eigenvalue weighted by molar-refractivity contribution is 0.0939. The highest BCUT2D eigenvalue weighted by molar-refractivity contribution is 7.10. The number of carbonyl (C=O) groups excluding carboxylic acids is 1. The summed E-state index contributed by atoms with van der Waals surface area (Å²) >= 11 is 1.43. The number of nitrogens with one attached hydrogen (secondary N) is 2. The summed E-state index contributed by atoms with van der Waals surface area (Å²) in [6, 6.07) is 1.60. The van der Waals surface area contributed by atoms with Crippen LogP contribution in [0.15, 0.2) is 23.8 Å². The first-order chi connectivity index (χ1) is 9.20. The summed E-state index contributed by atoms with van der Waals surface area (Å²) in [5.41, 5.74) is 5.91. The summed E-state index contributed by atoms with van der Waals surface area (Å²) in [6.45, 7) is 2.19. The monoisotopic (exact) mass is 274 g/mol. The Morgan fingerprint density at radius 3 is 3.21 bits per heavy atom. The van der Waals surface area contributed by atoms with Crippen molar-refractivity contribution >= 4 is 17.2 Å². The third-order valence-corrected chi connectivity index (χ3v) is 3.30. The molecule has 1 amide bonds. The van der Waals surface area contributed by atoms with Gasteiger partial charge in [0.05, 0.1) is 23.0 Å². The lowest BCUT2D eigenvalue weighted by Gasteiger charge is -2.10. The van der Waals surface area contributed by atoms with Crippen LogP contribution in [0.5, 0.6) is 0 Å². The molecule has 5 nitrogen and oxygen atoms in total. The zero-order valence-corrected chi connectivity index (χ0v) is 11.3. The van der Waals surface area contributed by atoms with Crippen LogP contribution in [0.3, 0.4) is 0 Å². The van der Waals surface area contributed by atoms with Gasteiger partial charge in [0.25, 0.3) is 5.91 Å². The molecule has 1 unspecified atom stereocenters. The van der Waals surface area contributed by atoms with Crippen molar-refractivity contribution in [1.29, 1.82) is 0 Å². The highest BCUT2D eigenvalue weighted by atomic mass is 32.1. The van der Waals surface area contributed by atoms with Gasteiger partial charge in [-0.05, 0) is 13.0 Å². The second-order valence-corrected chi connectivity index (χ2v) is 4.79. The van der Waals surface area contributed by atoms with Crippen molar-refractivity contribution in [1.82, 2.24) is 15.3 Å². The molecule has 19 heavy (non-hydrogen) atoms. The molecule has 2 rings (SSSR count). The third-order valence-electron chi connectivity index (χ3n) is 2.45. The molecule has 2 aromatic heterocycles. The average molecular weight is 274 g/mol. The van der Waals surface area contributed by atoms with Gasteiger partial charge in [0, 0.05) is 17.8 Å². The maximum Gasteiger partial charge on any atom is 0.252 e. The highest BCUT2D eigenvalue weighted by Crippen LogP contribution is 2.15. The van der Waals surface area contributed by atoms with Crippen molar-refractivity contribution in [2.75, 3.05) is 6.54 Å². The van der Waals surface area contributed by atoms with Crippen LogP contribution in [0, 0.1) is 11.8 Å². The second-order valence-electron chi connectivity index (χ2n) is 3.88. The zero-order valence-electron chi connectivity index (χ0n) is 10.4. The normalized spacial score (nSPS) is 11.5. The van der Waals surface area contributed by atoms with Crippen LogP contribution in [0.2, 0.25) is 0 Å². The minimum absolute atomic E-state index is 0.138. The predicted molar refractivity (Wildman–Crippen MR) is 74.7 cm³/mol. The van der Waals surface area contributed by atoms with E-state index in [1.165, 1.54) is 11.3 Å². The minimum Gasteiger partial charge on any atom is -0.347 e. The van der Waals surface area contributed by atoms with Crippen molar-refractivity contribution in [3.8, 4) is 11.8 Å². The summed E-state index contributed by atoms with van der Waals surface area (Å²) in [6.07, 6.45) is 3.38. The van der Waals surface area contributed by atoms with Crippen molar-refractivity contribution in [2.45, 2.75) is 13.0 Å². The Balaban J connectivity index is 2.02. The van der Waals surface area contributed by atoms with Crippen LogP contribution < -0.4 is 11.1 Å². The number of nitrogens with zero attached hydrogens (tertiary/aromatic N) is 1. The molecular weight excluding hydrogens is 260 g/mol. The molecule has 2 heterocycles. The standard InChI is InChI=1S/C13H14N4OS/c1-9(12-15-5-6-16-12)17-13(18)10-7-11(19-8-10)3-2-4-14/h5-9H,4,14H2,1H3,(H,15,16)(H,17,18). The summed E-state index contributed by atoms with van der Waals surface area (Å²) in [5, 5.41) is 4.65. The van der Waals surface area contributed by atoms with Crippen LogP contribution in [-0.4, -0.2) is 22.4 Å². The van der Waals surface area contributed by atoms with E-state index in [0.29, 0.717) is 12.1 Å². The van der Waals surface area contributed by atoms with Gasteiger partial charge in [0.15, 0.2) is 0 Å². The van der Waals surface area contributed by atoms with E-state index >= 15 is 0 Å². The van der Waals surface area contributed by atoms with Crippen molar-refractivity contribution in [3.63, 3.8) is 0 Å². The number of carbonyl (C=O) groups is 1. The Hall–Kier alpha value is -2.10. The molecule has 0 radical (unpaired) electrons. The lowest BCUT2D eigenvalue weighted by Crippen LogP contribution is -2.26. The number of aromatic nitrogens is 2. The van der Waals surface area contributed by atoms with E-state index in [2.05, 4.69) is 27.1 Å². The molecule has 98 valence electrons. The molecule has 4 N–H and O–H groups in total. The van der Waals surface area contributed by atoms with E-state index in [9.17, 15) is 4.79 Å². The Kier molecular flexibility index (Phi) is 4.34. The van der Waals surface area contributed by atoms with Gasteiger partial charge < -0.3 is 16.0 Å². The largest absolute Gasteiger partial charge is 0.347 e. The topological polar surface area (TPSA) is 83.8 Å². The van der Waals surface area contributed by atoms with E-state index in [-0.39, 0.29) is 11.9 Å². The quantitative estimate of drug-likeness (QED) is 0.737. The average Bonchev–Trinajstić information content (AvgIpc) is 3.07. The Morgan fingerprint density at radius 2 is 2.53 bits per heavy atom. The maximum absolute atomic E-state index is 12.0. The molecule has 6 heteroatoms. The molecule has 2 aromatic rings. The van der Waals surface area contributed by atoms with E-state index in [0.717, 1.165) is 10.7 Å². The summed E-state index contributed by atoms with van der Waals surface area (Å²) < 4.78 is 0. The van der Waals surface area contributed by atoms with Crippen LogP contribution in [0.1, 0.15) is 34.0 Å². The summed E-state index contributed by atoms with van der Waals surface area (Å²) in [5.74, 6) is 6.26. The smallest absolute Gasteiger partial charge is 0.252 e. The first kappa shape index (κ1) is 13.3. The van der Waals surface area contributed by atoms with Gasteiger partial charge in [0.1, 0.15) is 5.82 Å². The van der Waals surface area contributed by atoms with Crippen molar-refractivity contribution in [3.05, 3.63) is 40.1 Å². The fourth-order valence-corrected chi connectivity index (χ4v) is 2.28. The molecule has 0 saturated heterocycles. The van der Waals surface area contributed by atoms with Gasteiger partial charge in [-0.2, -0.15) is 0 Å². The molecular formula is C13H14N4OS. The molecule has 0 fully saturated rings. The predicted octanol–water partition coefficient (Wildman–Crippen LogP) is 1.27. The number of hydrogen-bond donors (Lipinski definition) is 3. The molecule has 0 bridgehead atoms. The van der Waals surface area contributed by atoms with Crippen LogP contribution in [-0.2, 0) is 0 Å². The molecule has 0 aromatic carbocycles. The van der Waals surface area contributed by atoms with Crippen LogP contribution in [0.25, 0.3) is 0 Å². The van der Waals surface area contributed by atoms with Crippen LogP contribution in [0.4, 0.5) is 0 Å². The summed E-state index contributed by atoms with van der Waals surface area (Å²) in [7, 11) is 0. The fraction of sp³-hybridized carbons (Fsp3) is 0.231. The SMILES string of the molecule is CC(NC(=O)c1csc(C#CCN)c1)c1ncc[nH]1. The van der Waals surface area contributed by atoms with Gasteiger partial charge in [-0.15, -0.1) is 11.3 Å². The van der Waals surface area contributed by atoms with E-state index < -0.39 is 0 Å². The third kappa shape index (κ3) is 3.44. The molecule has 0 aliphatic carbocycles. The number of H-pyrrole nitrogens is 1. The number of amides is 1. The minimum atomic E-state index is -0.166. The number of rotatable bonds is 3. The fourth-order valence-electron chi connectivity index (χ4n) is 1.52. The number of hydrogen-bond acceptors (Lipinski definition) is 4. The zero-order chi connectivity index (χ0) is 13.7. The first-order valence-electron chi connectivity index (χ1n) is 5.78. The van der Waals surface area contributed by atoms with Gasteiger partial charge in [-0.25, -0.2) is 4.98 Å². The Bertz CT molecular complexity index is 606. The number of thiophene rings is 1. The van der Waals surface area contributed by atoms with Gasteiger partial charge in [-0.3, -0.25) is 4.79 Å². The number of imidazole rings is 1. The van der Waals surface area contributed by atoms with E-state index in [4.69, 9.17) is 5.73 Å². The van der Waals surface area contributed by atoms with E-state index in [1.807, 2.05) is 6.92 Å². The molecule has 0 spiro atoms. The first-order valence-corrected chi connectivity index (χ1v) is 6.66. The van der Waals surface area contributed by atoms with E-state index in [1.54, 1.807) is 23.8 Å². The number of nitrogens with two attached hydrogens (primary N) is 1. The van der Waals surface area contributed by atoms with Gasteiger partial charge in [-0.1, -0.05) is 11.8 Å². The van der Waals surface area contributed by atoms with Gasteiger partial charge in [0.2, 0.25) is 0 Å². The molecule has 0 saturated carbocycles. The molecule has 0 aliphatic rings. The summed E-state index contributed by atoms with van der Waals surface area (Å²) in [4.78, 5) is 19.9. The second kappa shape index (κ2) is 6.18. The Labute approximate surface area is 115 Å². The van der Waals surface area contributed by atoms with Crippen molar-refractivity contribution in [2.24, 2.45) is 5.73 Å². The van der Waals surface area contributed by atoms with Crippen molar-refractivity contribution < 1.29 is 4.79 Å². The molecule has 1 atom stereocenters. The number of aromatic amines is 1. The molecule has 0 aliphatic heterocycles. The van der Waals surface area contributed by atoms with Gasteiger partial charge >= 0.3 is 0 Å².